The van der Waals surface area contributed by atoms with Crippen LogP contribution in [-0.4, -0.2) is 43.5 Å². The van der Waals surface area contributed by atoms with E-state index in [1.54, 1.807) is 45.0 Å². The molecule has 1 amide bonds. The second-order valence-corrected chi connectivity index (χ2v) is 9.34. The Morgan fingerprint density at radius 1 is 1.38 bits per heavy atom. The Morgan fingerprint density at radius 3 is 2.73 bits per heavy atom. The minimum atomic E-state index is -3.58. The van der Waals surface area contributed by atoms with Crippen LogP contribution < -0.4 is 5.32 Å². The van der Waals surface area contributed by atoms with Crippen LogP contribution in [0.4, 0.5) is 4.79 Å². The number of carbonyl (C=O) groups excluding carboxylic acids is 1. The zero-order chi connectivity index (χ0) is 19.4. The van der Waals surface area contributed by atoms with Crippen molar-refractivity contribution in [3.05, 3.63) is 35.4 Å². The molecule has 0 spiro atoms. The minimum absolute atomic E-state index is 0.205. The van der Waals surface area contributed by atoms with Crippen LogP contribution in [0.25, 0.3) is 0 Å². The number of ether oxygens (including phenoxy) is 1. The van der Waals surface area contributed by atoms with E-state index >= 15 is 0 Å². The molecular formula is C18H25N3O4S. The van der Waals surface area contributed by atoms with E-state index in [0.717, 1.165) is 0 Å². The number of sulfonamides is 1. The van der Waals surface area contributed by atoms with E-state index in [0.29, 0.717) is 30.5 Å². The number of nitrogens with zero attached hydrogens (tertiary/aromatic N) is 2. The molecule has 2 rings (SSSR count). The maximum Gasteiger partial charge on any atom is 0.407 e. The van der Waals surface area contributed by atoms with Gasteiger partial charge in [-0.3, -0.25) is 0 Å². The van der Waals surface area contributed by atoms with E-state index in [1.165, 1.54) is 4.31 Å². The molecule has 0 aromatic heterocycles. The Bertz CT molecular complexity index is 793. The summed E-state index contributed by atoms with van der Waals surface area (Å²) in [5.41, 5.74) is 0.236. The van der Waals surface area contributed by atoms with E-state index in [1.807, 2.05) is 6.07 Å². The lowest BCUT2D eigenvalue weighted by molar-refractivity contribution is 0.0487. The van der Waals surface area contributed by atoms with Gasteiger partial charge in [-0.1, -0.05) is 18.2 Å². The topological polar surface area (TPSA) is 99.5 Å². The summed E-state index contributed by atoms with van der Waals surface area (Å²) in [6, 6.07) is 8.41. The van der Waals surface area contributed by atoms with Crippen molar-refractivity contribution in [3.63, 3.8) is 0 Å². The van der Waals surface area contributed by atoms with Crippen molar-refractivity contribution >= 4 is 16.1 Å². The molecular weight excluding hydrogens is 354 g/mol. The quantitative estimate of drug-likeness (QED) is 0.866. The average Bonchev–Trinajstić information content (AvgIpc) is 2.53. The molecule has 1 aromatic rings. The van der Waals surface area contributed by atoms with E-state index in [-0.39, 0.29) is 18.3 Å². The van der Waals surface area contributed by atoms with Crippen molar-refractivity contribution in [3.8, 4) is 6.07 Å². The summed E-state index contributed by atoms with van der Waals surface area (Å²) in [6.07, 6.45) is 0.802. The number of hydrogen-bond donors (Lipinski definition) is 1. The van der Waals surface area contributed by atoms with Gasteiger partial charge < -0.3 is 10.1 Å². The Balaban J connectivity index is 2.03. The predicted molar refractivity (Wildman–Crippen MR) is 97.7 cm³/mol. The second-order valence-electron chi connectivity index (χ2n) is 7.37. The van der Waals surface area contributed by atoms with Gasteiger partial charge in [0.1, 0.15) is 5.60 Å². The number of alkyl carbamates (subject to hydrolysis) is 1. The summed E-state index contributed by atoms with van der Waals surface area (Å²) in [5, 5.41) is 11.9. The van der Waals surface area contributed by atoms with Gasteiger partial charge in [0, 0.05) is 19.1 Å². The number of hydrogen-bond acceptors (Lipinski definition) is 5. The number of piperidine rings is 1. The van der Waals surface area contributed by atoms with Crippen LogP contribution in [-0.2, 0) is 20.5 Å². The van der Waals surface area contributed by atoms with Gasteiger partial charge in [0.25, 0.3) is 0 Å². The first-order valence-corrected chi connectivity index (χ1v) is 10.2. The average molecular weight is 379 g/mol. The van der Waals surface area contributed by atoms with Gasteiger partial charge in [0.05, 0.1) is 17.4 Å². The molecule has 142 valence electrons. The number of benzene rings is 1. The lowest BCUT2D eigenvalue weighted by atomic mass is 10.1. The molecule has 1 aliphatic rings. The fourth-order valence-corrected chi connectivity index (χ4v) is 4.47. The van der Waals surface area contributed by atoms with Crippen LogP contribution in [0.15, 0.2) is 24.3 Å². The number of rotatable bonds is 4. The maximum atomic E-state index is 12.8. The predicted octanol–water partition coefficient (Wildman–Crippen LogP) is 2.38. The smallest absolute Gasteiger partial charge is 0.407 e. The number of carbonyl (C=O) groups is 1. The molecule has 1 fully saturated rings. The standard InChI is InChI=1S/C18H25N3O4S/c1-18(2,3)25-17(22)20-16-9-6-10-21(12-16)26(23,24)13-15-8-5-4-7-14(15)11-19/h4-5,7-8,16H,6,9-10,12-13H2,1-3H3,(H,20,22). The Labute approximate surface area is 155 Å². The van der Waals surface area contributed by atoms with Crippen LogP contribution >= 0.6 is 0 Å². The zero-order valence-corrected chi connectivity index (χ0v) is 16.2. The molecule has 1 aromatic carbocycles. The van der Waals surface area contributed by atoms with Crippen LogP contribution in [0.3, 0.4) is 0 Å². The number of nitrogens with one attached hydrogen (secondary N) is 1. The molecule has 1 unspecified atom stereocenters. The fraction of sp³-hybridized carbons (Fsp3) is 0.556. The van der Waals surface area contributed by atoms with Crippen LogP contribution in [0.1, 0.15) is 44.7 Å². The first kappa shape index (κ1) is 20.2. The summed E-state index contributed by atoms with van der Waals surface area (Å²) >= 11 is 0. The molecule has 1 saturated heterocycles. The zero-order valence-electron chi connectivity index (χ0n) is 15.4. The third-order valence-electron chi connectivity index (χ3n) is 3.97. The normalized spacial score (nSPS) is 18.8. The van der Waals surface area contributed by atoms with E-state index < -0.39 is 21.7 Å². The maximum absolute atomic E-state index is 12.8. The lowest BCUT2D eigenvalue weighted by Gasteiger charge is -2.33. The summed E-state index contributed by atoms with van der Waals surface area (Å²) in [5.74, 6) is -0.226. The molecule has 1 atom stereocenters. The largest absolute Gasteiger partial charge is 0.444 e. The molecule has 0 aliphatic carbocycles. The van der Waals surface area contributed by atoms with Crippen LogP contribution in [0.5, 0.6) is 0 Å². The molecule has 1 N–H and O–H groups in total. The molecule has 1 heterocycles. The van der Waals surface area contributed by atoms with Crippen molar-refractivity contribution in [2.45, 2.75) is 51.0 Å². The van der Waals surface area contributed by atoms with Crippen molar-refractivity contribution in [1.82, 2.24) is 9.62 Å². The fourth-order valence-electron chi connectivity index (χ4n) is 2.83. The number of nitriles is 1. The van der Waals surface area contributed by atoms with Crippen LogP contribution in [0, 0.1) is 11.3 Å². The summed E-state index contributed by atoms with van der Waals surface area (Å²) in [4.78, 5) is 11.9. The van der Waals surface area contributed by atoms with Crippen molar-refractivity contribution in [2.75, 3.05) is 13.1 Å². The monoisotopic (exact) mass is 379 g/mol. The van der Waals surface area contributed by atoms with E-state index in [9.17, 15) is 13.2 Å². The second kappa shape index (κ2) is 8.06. The lowest BCUT2D eigenvalue weighted by Crippen LogP contribution is -2.50. The highest BCUT2D eigenvalue weighted by Gasteiger charge is 2.31. The summed E-state index contributed by atoms with van der Waals surface area (Å²) in [7, 11) is -3.58. The van der Waals surface area contributed by atoms with Gasteiger partial charge >= 0.3 is 6.09 Å². The van der Waals surface area contributed by atoms with E-state index in [2.05, 4.69) is 5.32 Å². The number of amides is 1. The van der Waals surface area contributed by atoms with Crippen molar-refractivity contribution in [1.29, 1.82) is 5.26 Å². The highest BCUT2D eigenvalue weighted by molar-refractivity contribution is 7.88. The molecule has 8 heteroatoms. The molecule has 26 heavy (non-hydrogen) atoms. The van der Waals surface area contributed by atoms with Crippen molar-refractivity contribution < 1.29 is 17.9 Å². The Hall–Kier alpha value is -2.11. The Kier molecular flexibility index (Phi) is 6.26. The van der Waals surface area contributed by atoms with Crippen LogP contribution in [0.2, 0.25) is 0 Å². The van der Waals surface area contributed by atoms with Gasteiger partial charge in [-0.05, 0) is 45.2 Å². The SMILES string of the molecule is CC(C)(C)OC(=O)NC1CCCN(S(=O)(=O)Cc2ccccc2C#N)C1. The first-order chi connectivity index (χ1) is 12.1. The summed E-state index contributed by atoms with van der Waals surface area (Å²) < 4.78 is 32.1. The third kappa shape index (κ3) is 5.71. The van der Waals surface area contributed by atoms with Gasteiger partial charge in [0.15, 0.2) is 0 Å². The van der Waals surface area contributed by atoms with Gasteiger partial charge in [-0.15, -0.1) is 0 Å². The molecule has 0 bridgehead atoms. The molecule has 0 radical (unpaired) electrons. The third-order valence-corrected chi connectivity index (χ3v) is 5.77. The highest BCUT2D eigenvalue weighted by atomic mass is 32.2. The highest BCUT2D eigenvalue weighted by Crippen LogP contribution is 2.20. The first-order valence-electron chi connectivity index (χ1n) is 8.56. The molecule has 7 nitrogen and oxygen atoms in total. The van der Waals surface area contributed by atoms with E-state index in [4.69, 9.17) is 10.00 Å². The minimum Gasteiger partial charge on any atom is -0.444 e. The van der Waals surface area contributed by atoms with Gasteiger partial charge in [0.2, 0.25) is 10.0 Å². The summed E-state index contributed by atoms with van der Waals surface area (Å²) in [6.45, 7) is 5.93. The molecule has 1 aliphatic heterocycles. The van der Waals surface area contributed by atoms with Gasteiger partial charge in [-0.25, -0.2) is 13.2 Å². The molecule has 0 saturated carbocycles. The van der Waals surface area contributed by atoms with Gasteiger partial charge in [-0.2, -0.15) is 9.57 Å². The Morgan fingerprint density at radius 2 is 2.08 bits per heavy atom. The van der Waals surface area contributed by atoms with Crippen molar-refractivity contribution in [2.24, 2.45) is 0 Å².